The highest BCUT2D eigenvalue weighted by atomic mass is 35.5. The lowest BCUT2D eigenvalue weighted by Gasteiger charge is -2.11. The van der Waals surface area contributed by atoms with Crippen molar-refractivity contribution in [1.82, 2.24) is 0 Å². The van der Waals surface area contributed by atoms with Gasteiger partial charge in [-0.1, -0.05) is 128 Å². The predicted molar refractivity (Wildman–Crippen MR) is 142 cm³/mol. The van der Waals surface area contributed by atoms with Gasteiger partial charge in [0.1, 0.15) is 0 Å². The first-order chi connectivity index (χ1) is 15.3. The fourth-order valence-corrected chi connectivity index (χ4v) is 4.11. The van der Waals surface area contributed by atoms with E-state index in [1.54, 1.807) is 0 Å². The highest BCUT2D eigenvalue weighted by Crippen LogP contribution is 2.16. The normalized spacial score (nSPS) is 12.0. The maximum absolute atomic E-state index is 8.97. The molecule has 0 aliphatic rings. The van der Waals surface area contributed by atoms with E-state index in [1.807, 2.05) is 12.1 Å². The minimum Gasteiger partial charge on any atom is -0.396 e. The first-order valence-electron chi connectivity index (χ1n) is 13.3. The molecule has 32 heavy (non-hydrogen) atoms. The van der Waals surface area contributed by atoms with Crippen LogP contribution in [0, 0.1) is 0 Å². The lowest BCUT2D eigenvalue weighted by atomic mass is 10.0. The summed E-state index contributed by atoms with van der Waals surface area (Å²) in [5.74, 6) is 0. The number of aliphatic hydroxyl groups is 1. The summed E-state index contributed by atoms with van der Waals surface area (Å²) in [4.78, 5) is 0. The Labute approximate surface area is 205 Å². The van der Waals surface area contributed by atoms with E-state index in [0.29, 0.717) is 13.0 Å². The Balaban J connectivity index is 0.00000961. The molecule has 1 aromatic rings. The largest absolute Gasteiger partial charge is 0.396 e. The van der Waals surface area contributed by atoms with Gasteiger partial charge in [-0.25, -0.2) is 0 Å². The van der Waals surface area contributed by atoms with Gasteiger partial charge in [0.15, 0.2) is 0 Å². The molecule has 1 rings (SSSR count). The molecule has 0 spiro atoms. The number of aliphatic hydroxyl groups excluding tert-OH is 1. The van der Waals surface area contributed by atoms with Crippen LogP contribution in [0.3, 0.4) is 0 Å². The summed E-state index contributed by atoms with van der Waals surface area (Å²) in [6.07, 6.45) is 23.0. The first kappa shape index (κ1) is 31.4. The van der Waals surface area contributed by atoms with Crippen LogP contribution in [0.4, 0.5) is 0 Å². The molecule has 0 saturated carbocycles. The van der Waals surface area contributed by atoms with E-state index < -0.39 is 0 Å². The summed E-state index contributed by atoms with van der Waals surface area (Å²) in [6, 6.07) is 8.19. The zero-order valence-corrected chi connectivity index (χ0v) is 21.7. The third-order valence-electron chi connectivity index (χ3n) is 6.26. The fraction of sp³-hybridized carbons (Fsp3) is 0.786. The van der Waals surface area contributed by atoms with Gasteiger partial charge in [0, 0.05) is 19.3 Å². The van der Waals surface area contributed by atoms with E-state index in [0.717, 1.165) is 18.6 Å². The molecule has 0 aliphatic carbocycles. The van der Waals surface area contributed by atoms with Crippen LogP contribution < -0.4 is 5.73 Å². The van der Waals surface area contributed by atoms with Crippen molar-refractivity contribution in [1.29, 1.82) is 0 Å². The van der Waals surface area contributed by atoms with E-state index in [-0.39, 0.29) is 25.1 Å². The highest BCUT2D eigenvalue weighted by molar-refractivity contribution is 5.85. The molecule has 0 saturated heterocycles. The SMILES string of the molecule is CCCCCCCCCCCCCCCCCCOCc1ccc(C(N)CCO)cc1.Cl. The van der Waals surface area contributed by atoms with Gasteiger partial charge in [-0.2, -0.15) is 0 Å². The molecule has 0 heterocycles. The van der Waals surface area contributed by atoms with Gasteiger partial charge in [-0.15, -0.1) is 12.4 Å². The summed E-state index contributed by atoms with van der Waals surface area (Å²) in [5, 5.41) is 8.97. The number of nitrogens with two attached hydrogens (primary N) is 1. The Morgan fingerprint density at radius 2 is 1.16 bits per heavy atom. The summed E-state index contributed by atoms with van der Waals surface area (Å²) < 4.78 is 5.82. The van der Waals surface area contributed by atoms with Gasteiger partial charge in [0.2, 0.25) is 0 Å². The van der Waals surface area contributed by atoms with Crippen LogP contribution in [0.2, 0.25) is 0 Å². The van der Waals surface area contributed by atoms with Crippen molar-refractivity contribution in [2.24, 2.45) is 5.73 Å². The number of halogens is 1. The van der Waals surface area contributed by atoms with E-state index in [2.05, 4.69) is 19.1 Å². The number of rotatable bonds is 22. The molecule has 1 unspecified atom stereocenters. The molecule has 0 aromatic heterocycles. The van der Waals surface area contributed by atoms with Crippen molar-refractivity contribution >= 4 is 12.4 Å². The lowest BCUT2D eigenvalue weighted by Crippen LogP contribution is -2.11. The molecule has 188 valence electrons. The molecule has 3 nitrogen and oxygen atoms in total. The van der Waals surface area contributed by atoms with Crippen molar-refractivity contribution in [3.8, 4) is 0 Å². The average Bonchev–Trinajstić information content (AvgIpc) is 2.79. The van der Waals surface area contributed by atoms with E-state index in [1.165, 1.54) is 102 Å². The second kappa shape index (κ2) is 23.5. The quantitative estimate of drug-likeness (QED) is 0.168. The monoisotopic (exact) mass is 469 g/mol. The number of hydrogen-bond donors (Lipinski definition) is 2. The Morgan fingerprint density at radius 1 is 0.719 bits per heavy atom. The van der Waals surface area contributed by atoms with Crippen LogP contribution in [0.5, 0.6) is 0 Å². The summed E-state index contributed by atoms with van der Waals surface area (Å²) >= 11 is 0. The summed E-state index contributed by atoms with van der Waals surface area (Å²) in [7, 11) is 0. The highest BCUT2D eigenvalue weighted by Gasteiger charge is 2.04. The second-order valence-electron chi connectivity index (χ2n) is 9.22. The molecule has 0 bridgehead atoms. The molecular formula is C28H52ClNO2. The molecule has 0 radical (unpaired) electrons. The Morgan fingerprint density at radius 3 is 1.59 bits per heavy atom. The number of unbranched alkanes of at least 4 members (excludes halogenated alkanes) is 15. The topological polar surface area (TPSA) is 55.5 Å². The van der Waals surface area contributed by atoms with Crippen LogP contribution in [0.25, 0.3) is 0 Å². The molecule has 4 heteroatoms. The van der Waals surface area contributed by atoms with Gasteiger partial charge in [-0.3, -0.25) is 0 Å². The number of benzene rings is 1. The van der Waals surface area contributed by atoms with Gasteiger partial charge in [0.25, 0.3) is 0 Å². The Bertz CT molecular complexity index is 495. The molecule has 0 aliphatic heterocycles. The van der Waals surface area contributed by atoms with Crippen molar-refractivity contribution in [2.75, 3.05) is 13.2 Å². The standard InChI is InChI=1S/C28H51NO2.ClH/c1-2-3-4-5-6-7-8-9-10-11-12-13-14-15-16-17-24-31-25-26-18-20-27(21-19-26)28(29)22-23-30;/h18-21,28,30H,2-17,22-25,29H2,1H3;1H. The third-order valence-corrected chi connectivity index (χ3v) is 6.26. The predicted octanol–water partition coefficient (Wildman–Crippen LogP) is 8.27. The Kier molecular flexibility index (Phi) is 23.1. The van der Waals surface area contributed by atoms with Crippen LogP contribution >= 0.6 is 12.4 Å². The molecule has 0 fully saturated rings. The van der Waals surface area contributed by atoms with Crippen LogP contribution in [-0.2, 0) is 11.3 Å². The number of ether oxygens (including phenoxy) is 1. The fourth-order valence-electron chi connectivity index (χ4n) is 4.11. The van der Waals surface area contributed by atoms with Gasteiger partial charge in [0.05, 0.1) is 6.61 Å². The second-order valence-corrected chi connectivity index (χ2v) is 9.22. The molecular weight excluding hydrogens is 418 g/mol. The maximum Gasteiger partial charge on any atom is 0.0716 e. The number of hydrogen-bond acceptors (Lipinski definition) is 3. The van der Waals surface area contributed by atoms with Gasteiger partial charge in [-0.05, 0) is 24.0 Å². The van der Waals surface area contributed by atoms with Gasteiger partial charge < -0.3 is 15.6 Å². The lowest BCUT2D eigenvalue weighted by molar-refractivity contribution is 0.116. The van der Waals surface area contributed by atoms with E-state index in [9.17, 15) is 0 Å². The smallest absolute Gasteiger partial charge is 0.0716 e. The zero-order chi connectivity index (χ0) is 22.4. The van der Waals surface area contributed by atoms with Crippen molar-refractivity contribution in [2.45, 2.75) is 129 Å². The molecule has 1 atom stereocenters. The van der Waals surface area contributed by atoms with Crippen LogP contribution in [0.15, 0.2) is 24.3 Å². The minimum atomic E-state index is -0.0786. The molecule has 1 aromatic carbocycles. The maximum atomic E-state index is 8.97. The van der Waals surface area contributed by atoms with Crippen LogP contribution in [0.1, 0.15) is 133 Å². The van der Waals surface area contributed by atoms with Crippen molar-refractivity contribution in [3.05, 3.63) is 35.4 Å². The minimum absolute atomic E-state index is 0. The van der Waals surface area contributed by atoms with Crippen molar-refractivity contribution < 1.29 is 9.84 Å². The molecule has 3 N–H and O–H groups in total. The van der Waals surface area contributed by atoms with E-state index >= 15 is 0 Å². The average molecular weight is 470 g/mol. The first-order valence-corrected chi connectivity index (χ1v) is 13.3. The van der Waals surface area contributed by atoms with Crippen LogP contribution in [-0.4, -0.2) is 18.3 Å². The van der Waals surface area contributed by atoms with E-state index in [4.69, 9.17) is 15.6 Å². The van der Waals surface area contributed by atoms with Crippen molar-refractivity contribution in [3.63, 3.8) is 0 Å². The molecule has 0 amide bonds. The summed E-state index contributed by atoms with van der Waals surface area (Å²) in [5.41, 5.74) is 8.28. The summed E-state index contributed by atoms with van der Waals surface area (Å²) in [6.45, 7) is 3.94. The third kappa shape index (κ3) is 17.9. The van der Waals surface area contributed by atoms with Gasteiger partial charge >= 0.3 is 0 Å². The Hall–Kier alpha value is -0.610. The zero-order valence-electron chi connectivity index (χ0n) is 20.9.